The highest BCUT2D eigenvalue weighted by molar-refractivity contribution is 7.15. The fraction of sp³-hybridized carbons (Fsp3) is 0.786. The molecule has 0 amide bonds. The molecule has 0 spiro atoms. The predicted molar refractivity (Wildman–Crippen MR) is 85.4 cm³/mol. The second kappa shape index (κ2) is 7.82. The van der Waals surface area contributed by atoms with Gasteiger partial charge in [-0.1, -0.05) is 6.92 Å². The third kappa shape index (κ3) is 5.09. The molecular formula is C14H28N4S. The summed E-state index contributed by atoms with van der Waals surface area (Å²) in [4.78, 5) is 10.5. The molecule has 0 saturated carbocycles. The zero-order valence-corrected chi connectivity index (χ0v) is 14.0. The van der Waals surface area contributed by atoms with E-state index in [4.69, 9.17) is 4.98 Å². The van der Waals surface area contributed by atoms with E-state index in [-0.39, 0.29) is 0 Å². The average molecular weight is 284 g/mol. The number of thiazole rings is 1. The summed E-state index contributed by atoms with van der Waals surface area (Å²) in [5.41, 5.74) is 1.16. The van der Waals surface area contributed by atoms with E-state index in [2.05, 4.69) is 57.0 Å². The van der Waals surface area contributed by atoms with Crippen LogP contribution in [0.5, 0.6) is 0 Å². The third-order valence-corrected chi connectivity index (χ3v) is 4.58. The molecular weight excluding hydrogens is 256 g/mol. The van der Waals surface area contributed by atoms with Gasteiger partial charge < -0.3 is 15.1 Å². The van der Waals surface area contributed by atoms with Gasteiger partial charge in [0.15, 0.2) is 5.13 Å². The van der Waals surface area contributed by atoms with Crippen LogP contribution in [0.15, 0.2) is 0 Å². The Balaban J connectivity index is 2.66. The minimum absolute atomic E-state index is 0.397. The van der Waals surface area contributed by atoms with Crippen molar-refractivity contribution in [2.24, 2.45) is 0 Å². The van der Waals surface area contributed by atoms with Crippen molar-refractivity contribution in [3.8, 4) is 0 Å². The first-order valence-corrected chi connectivity index (χ1v) is 7.84. The Morgan fingerprint density at radius 1 is 1.26 bits per heavy atom. The summed E-state index contributed by atoms with van der Waals surface area (Å²) >= 11 is 1.81. The van der Waals surface area contributed by atoms with Crippen LogP contribution in [0.2, 0.25) is 0 Å². The molecule has 1 aromatic heterocycles. The average Bonchev–Trinajstić information content (AvgIpc) is 2.75. The van der Waals surface area contributed by atoms with Crippen LogP contribution in [0.3, 0.4) is 0 Å². The van der Waals surface area contributed by atoms with Crippen LogP contribution in [-0.2, 0) is 0 Å². The van der Waals surface area contributed by atoms with E-state index in [9.17, 15) is 0 Å². The number of nitrogens with zero attached hydrogens (tertiary/aromatic N) is 3. The molecule has 1 atom stereocenters. The molecule has 0 saturated heterocycles. The number of hydrogen-bond acceptors (Lipinski definition) is 5. The van der Waals surface area contributed by atoms with Crippen molar-refractivity contribution in [2.45, 2.75) is 33.2 Å². The van der Waals surface area contributed by atoms with Crippen molar-refractivity contribution in [3.63, 3.8) is 0 Å². The molecule has 5 heteroatoms. The molecule has 0 aromatic carbocycles. The van der Waals surface area contributed by atoms with Gasteiger partial charge in [-0.2, -0.15) is 0 Å². The Morgan fingerprint density at radius 3 is 2.53 bits per heavy atom. The number of nitrogens with one attached hydrogen (secondary N) is 1. The predicted octanol–water partition coefficient (Wildman–Crippen LogP) is 2.51. The lowest BCUT2D eigenvalue weighted by molar-refractivity contribution is 0.416. The lowest BCUT2D eigenvalue weighted by Crippen LogP contribution is -2.28. The highest BCUT2D eigenvalue weighted by atomic mass is 32.1. The van der Waals surface area contributed by atoms with E-state index < -0.39 is 0 Å². The molecule has 1 aromatic rings. The van der Waals surface area contributed by atoms with Crippen molar-refractivity contribution < 1.29 is 0 Å². The van der Waals surface area contributed by atoms with E-state index in [0.29, 0.717) is 6.04 Å². The zero-order chi connectivity index (χ0) is 14.4. The number of rotatable bonds is 8. The Labute approximate surface area is 121 Å². The maximum Gasteiger partial charge on any atom is 0.185 e. The van der Waals surface area contributed by atoms with Gasteiger partial charge in [0.2, 0.25) is 0 Å². The number of hydrogen-bond donors (Lipinski definition) is 1. The Kier molecular flexibility index (Phi) is 6.75. The maximum atomic E-state index is 4.70. The van der Waals surface area contributed by atoms with Gasteiger partial charge in [0.25, 0.3) is 0 Å². The van der Waals surface area contributed by atoms with Crippen molar-refractivity contribution in [3.05, 3.63) is 10.6 Å². The molecule has 0 bridgehead atoms. The smallest absolute Gasteiger partial charge is 0.185 e. The van der Waals surface area contributed by atoms with Gasteiger partial charge in [-0.3, -0.25) is 0 Å². The highest BCUT2D eigenvalue weighted by Crippen LogP contribution is 2.30. The van der Waals surface area contributed by atoms with Crippen molar-refractivity contribution in [1.29, 1.82) is 0 Å². The molecule has 0 aliphatic carbocycles. The van der Waals surface area contributed by atoms with Gasteiger partial charge in [-0.15, -0.1) is 11.3 Å². The van der Waals surface area contributed by atoms with Crippen LogP contribution < -0.4 is 10.2 Å². The number of aromatic nitrogens is 1. The fourth-order valence-electron chi connectivity index (χ4n) is 1.86. The first-order chi connectivity index (χ1) is 8.95. The van der Waals surface area contributed by atoms with E-state index in [0.717, 1.165) is 36.9 Å². The van der Waals surface area contributed by atoms with Crippen molar-refractivity contribution in [2.75, 3.05) is 45.7 Å². The molecule has 1 heterocycles. The van der Waals surface area contributed by atoms with Gasteiger partial charge in [0, 0.05) is 31.1 Å². The minimum Gasteiger partial charge on any atom is -0.350 e. The summed E-state index contributed by atoms with van der Waals surface area (Å²) in [6.07, 6.45) is 1.16. The molecule has 0 fully saturated rings. The maximum absolute atomic E-state index is 4.70. The van der Waals surface area contributed by atoms with E-state index >= 15 is 0 Å². The van der Waals surface area contributed by atoms with Crippen LogP contribution in [0.4, 0.5) is 5.13 Å². The third-order valence-electron chi connectivity index (χ3n) is 3.12. The summed E-state index contributed by atoms with van der Waals surface area (Å²) in [6.45, 7) is 9.65. The van der Waals surface area contributed by atoms with Crippen LogP contribution >= 0.6 is 11.3 Å². The van der Waals surface area contributed by atoms with Gasteiger partial charge in [-0.05, 0) is 40.9 Å². The van der Waals surface area contributed by atoms with Crippen LogP contribution in [0.1, 0.15) is 36.9 Å². The second-order valence-corrected chi connectivity index (χ2v) is 6.36. The molecule has 0 aliphatic rings. The van der Waals surface area contributed by atoms with E-state index in [1.165, 1.54) is 4.88 Å². The molecule has 19 heavy (non-hydrogen) atoms. The van der Waals surface area contributed by atoms with Gasteiger partial charge in [0.05, 0.1) is 5.69 Å². The quantitative estimate of drug-likeness (QED) is 0.795. The Hall–Kier alpha value is -0.650. The second-order valence-electron chi connectivity index (χ2n) is 5.35. The standard InChI is InChI=1S/C14H28N4S/c1-7-8-15-11(2)13-12(3)16-14(19-13)18(6)10-9-17(4)5/h11,15H,7-10H2,1-6H3. The number of likely N-dealkylation sites (N-methyl/N-ethyl adjacent to an activating group) is 2. The Bertz CT molecular complexity index is 376. The first kappa shape index (κ1) is 16.4. The lowest BCUT2D eigenvalue weighted by Gasteiger charge is -2.18. The summed E-state index contributed by atoms with van der Waals surface area (Å²) in [7, 11) is 6.32. The number of aryl methyl sites for hydroxylation is 1. The molecule has 110 valence electrons. The molecule has 4 nitrogen and oxygen atoms in total. The van der Waals surface area contributed by atoms with Crippen LogP contribution in [-0.4, -0.2) is 50.7 Å². The first-order valence-electron chi connectivity index (χ1n) is 7.02. The van der Waals surface area contributed by atoms with Crippen molar-refractivity contribution in [1.82, 2.24) is 15.2 Å². The zero-order valence-electron chi connectivity index (χ0n) is 13.2. The van der Waals surface area contributed by atoms with Gasteiger partial charge in [-0.25, -0.2) is 4.98 Å². The molecule has 1 rings (SSSR count). The normalized spacial score (nSPS) is 13.0. The summed E-state index contributed by atoms with van der Waals surface area (Å²) in [6, 6.07) is 0.397. The monoisotopic (exact) mass is 284 g/mol. The topological polar surface area (TPSA) is 31.4 Å². The fourth-order valence-corrected chi connectivity index (χ4v) is 2.94. The minimum atomic E-state index is 0.397. The molecule has 1 N–H and O–H groups in total. The lowest BCUT2D eigenvalue weighted by atomic mass is 10.2. The molecule has 0 aliphatic heterocycles. The van der Waals surface area contributed by atoms with Crippen molar-refractivity contribution >= 4 is 16.5 Å². The van der Waals surface area contributed by atoms with Crippen LogP contribution in [0, 0.1) is 6.92 Å². The van der Waals surface area contributed by atoms with E-state index in [1.807, 2.05) is 11.3 Å². The largest absolute Gasteiger partial charge is 0.350 e. The number of anilines is 1. The SMILES string of the molecule is CCCNC(C)c1sc(N(C)CCN(C)C)nc1C. The Morgan fingerprint density at radius 2 is 1.95 bits per heavy atom. The molecule has 0 radical (unpaired) electrons. The summed E-state index contributed by atoms with van der Waals surface area (Å²) in [5, 5.41) is 4.66. The van der Waals surface area contributed by atoms with Gasteiger partial charge >= 0.3 is 0 Å². The highest BCUT2D eigenvalue weighted by Gasteiger charge is 2.15. The van der Waals surface area contributed by atoms with Crippen LogP contribution in [0.25, 0.3) is 0 Å². The van der Waals surface area contributed by atoms with Gasteiger partial charge in [0.1, 0.15) is 0 Å². The summed E-state index contributed by atoms with van der Waals surface area (Å²) < 4.78 is 0. The summed E-state index contributed by atoms with van der Waals surface area (Å²) in [5.74, 6) is 0. The molecule has 1 unspecified atom stereocenters. The van der Waals surface area contributed by atoms with E-state index in [1.54, 1.807) is 0 Å².